The zero-order valence-electron chi connectivity index (χ0n) is 14.6. The molecule has 0 bridgehead atoms. The van der Waals surface area contributed by atoms with Crippen LogP contribution >= 0.6 is 0 Å². The van der Waals surface area contributed by atoms with Crippen molar-refractivity contribution in [2.45, 2.75) is 25.3 Å². The normalized spacial score (nSPS) is 23.1. The minimum absolute atomic E-state index is 0.512. The van der Waals surface area contributed by atoms with Gasteiger partial charge in [0.25, 0.3) is 0 Å². The standard InChI is InChI=1S/C21H22N4O/c1-2-6-18-16(5-1)21(25-20(23-18)15-4-3-9-22-13-15)24-19-12-17(19)14-7-10-26-11-8-14/h1-6,9,13-14,17,19H,7-8,10-12H2,(H,23,24,25)/t17-,19+/m0/s1. The monoisotopic (exact) mass is 346 g/mol. The minimum Gasteiger partial charge on any atom is -0.381 e. The van der Waals surface area contributed by atoms with E-state index in [4.69, 9.17) is 14.7 Å². The molecule has 1 aliphatic heterocycles. The van der Waals surface area contributed by atoms with Crippen molar-refractivity contribution >= 4 is 16.7 Å². The van der Waals surface area contributed by atoms with Crippen molar-refractivity contribution in [1.29, 1.82) is 0 Å². The van der Waals surface area contributed by atoms with Crippen LogP contribution in [0.4, 0.5) is 5.82 Å². The summed E-state index contributed by atoms with van der Waals surface area (Å²) < 4.78 is 5.51. The van der Waals surface area contributed by atoms with Crippen LogP contribution in [0.25, 0.3) is 22.3 Å². The smallest absolute Gasteiger partial charge is 0.163 e. The average molecular weight is 346 g/mol. The van der Waals surface area contributed by atoms with Gasteiger partial charge in [-0.1, -0.05) is 12.1 Å². The first-order valence-electron chi connectivity index (χ1n) is 9.40. The van der Waals surface area contributed by atoms with Crippen molar-refractivity contribution in [3.63, 3.8) is 0 Å². The summed E-state index contributed by atoms with van der Waals surface area (Å²) in [5.74, 6) is 3.19. The molecule has 3 heterocycles. The van der Waals surface area contributed by atoms with E-state index in [9.17, 15) is 0 Å². The Kier molecular flexibility index (Phi) is 4.02. The third kappa shape index (κ3) is 3.03. The fourth-order valence-corrected chi connectivity index (χ4v) is 4.03. The van der Waals surface area contributed by atoms with Crippen molar-refractivity contribution in [1.82, 2.24) is 15.0 Å². The lowest BCUT2D eigenvalue weighted by molar-refractivity contribution is 0.0595. The fourth-order valence-electron chi connectivity index (χ4n) is 4.03. The highest BCUT2D eigenvalue weighted by molar-refractivity contribution is 5.90. The first kappa shape index (κ1) is 15.7. The average Bonchev–Trinajstić information content (AvgIpc) is 3.48. The van der Waals surface area contributed by atoms with Gasteiger partial charge < -0.3 is 10.1 Å². The lowest BCUT2D eigenvalue weighted by atomic mass is 9.94. The molecule has 1 saturated heterocycles. The Balaban J connectivity index is 1.45. The molecule has 0 radical (unpaired) electrons. The molecule has 5 rings (SSSR count). The van der Waals surface area contributed by atoms with E-state index in [2.05, 4.69) is 16.4 Å². The van der Waals surface area contributed by atoms with E-state index < -0.39 is 0 Å². The predicted octanol–water partition coefficient (Wildman–Crippen LogP) is 3.92. The molecule has 5 heteroatoms. The Labute approximate surface area is 152 Å². The van der Waals surface area contributed by atoms with Crippen LogP contribution in [-0.2, 0) is 4.74 Å². The second-order valence-corrected chi connectivity index (χ2v) is 7.25. The summed E-state index contributed by atoms with van der Waals surface area (Å²) in [7, 11) is 0. The molecule has 5 nitrogen and oxygen atoms in total. The van der Waals surface area contributed by atoms with E-state index in [0.29, 0.717) is 6.04 Å². The summed E-state index contributed by atoms with van der Waals surface area (Å²) in [5.41, 5.74) is 1.91. The van der Waals surface area contributed by atoms with Crippen LogP contribution in [-0.4, -0.2) is 34.2 Å². The molecule has 2 aromatic heterocycles. The SMILES string of the molecule is c1cncc(-c2nc(N[C@@H]3C[C@H]3C3CCOCC3)c3ccccc3n2)c1. The van der Waals surface area contributed by atoms with Crippen LogP contribution in [0.2, 0.25) is 0 Å². The largest absolute Gasteiger partial charge is 0.381 e. The quantitative estimate of drug-likeness (QED) is 0.776. The van der Waals surface area contributed by atoms with E-state index in [1.807, 2.05) is 36.5 Å². The second kappa shape index (κ2) is 6.65. The van der Waals surface area contributed by atoms with Crippen LogP contribution in [0.5, 0.6) is 0 Å². The summed E-state index contributed by atoms with van der Waals surface area (Å²) >= 11 is 0. The number of ether oxygens (including phenoxy) is 1. The first-order chi connectivity index (χ1) is 12.9. The van der Waals surface area contributed by atoms with Gasteiger partial charge in [0.15, 0.2) is 5.82 Å². The Morgan fingerprint density at radius 1 is 1.00 bits per heavy atom. The third-order valence-corrected chi connectivity index (χ3v) is 5.56. The molecule has 26 heavy (non-hydrogen) atoms. The second-order valence-electron chi connectivity index (χ2n) is 7.25. The highest BCUT2D eigenvalue weighted by Gasteiger charge is 2.43. The van der Waals surface area contributed by atoms with Crippen LogP contribution in [0.1, 0.15) is 19.3 Å². The number of aromatic nitrogens is 3. The van der Waals surface area contributed by atoms with E-state index in [0.717, 1.165) is 53.2 Å². The van der Waals surface area contributed by atoms with E-state index >= 15 is 0 Å². The van der Waals surface area contributed by atoms with Gasteiger partial charge in [-0.15, -0.1) is 0 Å². The van der Waals surface area contributed by atoms with E-state index in [1.165, 1.54) is 19.3 Å². The van der Waals surface area contributed by atoms with Crippen LogP contribution in [0.15, 0.2) is 48.8 Å². The van der Waals surface area contributed by atoms with Crippen LogP contribution in [0, 0.1) is 11.8 Å². The minimum atomic E-state index is 0.512. The molecule has 0 amide bonds. The molecule has 1 N–H and O–H groups in total. The van der Waals surface area contributed by atoms with Gasteiger partial charge in [-0.25, -0.2) is 9.97 Å². The van der Waals surface area contributed by atoms with E-state index in [1.54, 1.807) is 6.20 Å². The molecular formula is C21H22N4O. The topological polar surface area (TPSA) is 59.9 Å². The number of rotatable bonds is 4. The van der Waals surface area contributed by atoms with E-state index in [-0.39, 0.29) is 0 Å². The van der Waals surface area contributed by atoms with Gasteiger partial charge in [0.05, 0.1) is 5.52 Å². The Hall–Kier alpha value is -2.53. The number of nitrogens with zero attached hydrogens (tertiary/aromatic N) is 3. The number of hydrogen-bond donors (Lipinski definition) is 1. The lowest BCUT2D eigenvalue weighted by Crippen LogP contribution is -2.20. The van der Waals surface area contributed by atoms with Crippen molar-refractivity contribution in [2.24, 2.45) is 11.8 Å². The number of fused-ring (bicyclic) bond motifs is 1. The van der Waals surface area contributed by atoms with Gasteiger partial charge in [-0.3, -0.25) is 4.98 Å². The fraction of sp³-hybridized carbons (Fsp3) is 0.381. The summed E-state index contributed by atoms with van der Waals surface area (Å²) in [4.78, 5) is 13.8. The molecule has 0 spiro atoms. The zero-order chi connectivity index (χ0) is 17.3. The third-order valence-electron chi connectivity index (χ3n) is 5.56. The van der Waals surface area contributed by atoms with Crippen LogP contribution in [0.3, 0.4) is 0 Å². The maximum Gasteiger partial charge on any atom is 0.163 e. The number of para-hydroxylation sites is 1. The molecule has 3 aromatic rings. The highest BCUT2D eigenvalue weighted by Crippen LogP contribution is 2.44. The van der Waals surface area contributed by atoms with Crippen molar-refractivity contribution in [2.75, 3.05) is 18.5 Å². The number of nitrogens with one attached hydrogen (secondary N) is 1. The molecule has 2 fully saturated rings. The first-order valence-corrected chi connectivity index (χ1v) is 9.40. The number of benzene rings is 1. The molecule has 1 saturated carbocycles. The lowest BCUT2D eigenvalue weighted by Gasteiger charge is -2.22. The van der Waals surface area contributed by atoms with Crippen LogP contribution < -0.4 is 5.32 Å². The van der Waals surface area contributed by atoms with Crippen molar-refractivity contribution in [3.05, 3.63) is 48.8 Å². The molecule has 0 unspecified atom stereocenters. The Morgan fingerprint density at radius 3 is 2.73 bits per heavy atom. The molecule has 1 aliphatic carbocycles. The summed E-state index contributed by atoms with van der Waals surface area (Å²) in [5, 5.41) is 4.79. The van der Waals surface area contributed by atoms with Crippen molar-refractivity contribution < 1.29 is 4.74 Å². The molecular weight excluding hydrogens is 324 g/mol. The summed E-state index contributed by atoms with van der Waals surface area (Å²) in [6.07, 6.45) is 7.19. The molecule has 2 aliphatic rings. The van der Waals surface area contributed by atoms with Gasteiger partial charge >= 0.3 is 0 Å². The Bertz CT molecular complexity index is 908. The van der Waals surface area contributed by atoms with Gasteiger partial charge in [-0.05, 0) is 55.4 Å². The van der Waals surface area contributed by atoms with Gasteiger partial charge in [0, 0.05) is 42.6 Å². The maximum absolute atomic E-state index is 5.51. The Morgan fingerprint density at radius 2 is 1.88 bits per heavy atom. The van der Waals surface area contributed by atoms with Gasteiger partial charge in [0.1, 0.15) is 5.82 Å². The zero-order valence-corrected chi connectivity index (χ0v) is 14.6. The molecule has 1 aromatic carbocycles. The van der Waals surface area contributed by atoms with Gasteiger partial charge in [0.2, 0.25) is 0 Å². The maximum atomic E-state index is 5.51. The highest BCUT2D eigenvalue weighted by atomic mass is 16.5. The number of anilines is 1. The van der Waals surface area contributed by atoms with Gasteiger partial charge in [-0.2, -0.15) is 0 Å². The number of pyridine rings is 1. The molecule has 132 valence electrons. The molecule has 2 atom stereocenters. The summed E-state index contributed by atoms with van der Waals surface area (Å²) in [6.45, 7) is 1.82. The summed E-state index contributed by atoms with van der Waals surface area (Å²) in [6, 6.07) is 12.6. The van der Waals surface area contributed by atoms with Crippen molar-refractivity contribution in [3.8, 4) is 11.4 Å². The predicted molar refractivity (Wildman–Crippen MR) is 102 cm³/mol. The number of hydrogen-bond acceptors (Lipinski definition) is 5.